The quantitative estimate of drug-likeness (QED) is 0.550. The third-order valence-corrected chi connectivity index (χ3v) is 5.37. The molecular weight excluding hydrogens is 405 g/mol. The Balaban J connectivity index is 0.000000293. The lowest BCUT2D eigenvalue weighted by Crippen LogP contribution is -2.25. The highest BCUT2D eigenvalue weighted by Gasteiger charge is 2.32. The Morgan fingerprint density at radius 1 is 1.29 bits per heavy atom. The largest absolute Gasteiger partial charge is 0.478 e. The first-order valence-corrected chi connectivity index (χ1v) is 9.62. The van der Waals surface area contributed by atoms with Gasteiger partial charge < -0.3 is 19.8 Å². The van der Waals surface area contributed by atoms with Gasteiger partial charge in [-0.15, -0.1) is 0 Å². The maximum absolute atomic E-state index is 13.7. The van der Waals surface area contributed by atoms with E-state index in [-0.39, 0.29) is 17.5 Å². The molecule has 0 radical (unpaired) electrons. The average molecular weight is 427 g/mol. The minimum absolute atomic E-state index is 0.0848. The van der Waals surface area contributed by atoms with Gasteiger partial charge in [0.15, 0.2) is 5.78 Å². The van der Waals surface area contributed by atoms with E-state index in [4.69, 9.17) is 10.2 Å². The Morgan fingerprint density at radius 3 is 2.55 bits per heavy atom. The second-order valence-corrected chi connectivity index (χ2v) is 7.33. The number of hydrogen-bond donors (Lipinski definition) is 3. The Morgan fingerprint density at radius 2 is 1.97 bits per heavy atom. The number of imidazole rings is 1. The number of aliphatic carboxylic acids is 2. The lowest BCUT2D eigenvalue weighted by Gasteiger charge is -2.21. The van der Waals surface area contributed by atoms with Crippen LogP contribution in [0.3, 0.4) is 0 Å². The van der Waals surface area contributed by atoms with Crippen molar-refractivity contribution in [1.29, 1.82) is 0 Å². The van der Waals surface area contributed by atoms with Crippen molar-refractivity contribution in [2.75, 3.05) is 0 Å². The summed E-state index contributed by atoms with van der Waals surface area (Å²) >= 11 is 0. The molecule has 2 aromatic heterocycles. The molecule has 0 aliphatic heterocycles. The topological polar surface area (TPSA) is 125 Å². The minimum atomic E-state index is -1.26. The number of H-pyrrole nitrogens is 1. The highest BCUT2D eigenvalue weighted by Crippen LogP contribution is 2.35. The van der Waals surface area contributed by atoms with Gasteiger partial charge in [0.1, 0.15) is 5.82 Å². The fraction of sp³-hybridized carbons (Fsp3) is 0.273. The molecule has 0 bridgehead atoms. The number of hydrogen-bond acceptors (Lipinski definition) is 4. The van der Waals surface area contributed by atoms with E-state index in [2.05, 4.69) is 9.97 Å². The Hall–Kier alpha value is -3.75. The molecule has 0 fully saturated rings. The molecule has 162 valence electrons. The summed E-state index contributed by atoms with van der Waals surface area (Å²) in [6.45, 7) is 1.97. The number of benzene rings is 1. The number of nitrogens with one attached hydrogen (secondary N) is 1. The Kier molecular flexibility index (Phi) is 6.33. The monoisotopic (exact) mass is 427 g/mol. The molecule has 1 aromatic carbocycles. The van der Waals surface area contributed by atoms with Crippen molar-refractivity contribution in [3.05, 3.63) is 65.1 Å². The highest BCUT2D eigenvalue weighted by molar-refractivity contribution is 6.11. The molecule has 3 N–H and O–H groups in total. The first-order valence-electron chi connectivity index (χ1n) is 9.62. The molecule has 1 unspecified atom stereocenters. The molecule has 31 heavy (non-hydrogen) atoms. The van der Waals surface area contributed by atoms with Crippen molar-refractivity contribution in [2.45, 2.75) is 26.2 Å². The summed E-state index contributed by atoms with van der Waals surface area (Å²) in [7, 11) is 1.95. The van der Waals surface area contributed by atoms with Crippen molar-refractivity contribution in [2.24, 2.45) is 13.0 Å². The molecule has 0 spiro atoms. The van der Waals surface area contributed by atoms with E-state index in [0.717, 1.165) is 40.8 Å². The SMILES string of the molecule is Cc1[nH]cnc1CC1CCc2c(c3cc(F)ccc3n2C)C1=O.O=C(O)C=CC(=O)O. The van der Waals surface area contributed by atoms with Gasteiger partial charge >= 0.3 is 11.9 Å². The van der Waals surface area contributed by atoms with E-state index >= 15 is 0 Å². The van der Waals surface area contributed by atoms with Gasteiger partial charge in [0.05, 0.1) is 12.0 Å². The molecule has 0 amide bonds. The molecule has 1 aliphatic carbocycles. The lowest BCUT2D eigenvalue weighted by atomic mass is 9.82. The summed E-state index contributed by atoms with van der Waals surface area (Å²) in [5, 5.41) is 16.4. The van der Waals surface area contributed by atoms with Crippen LogP contribution in [-0.4, -0.2) is 42.5 Å². The number of Topliss-reactive ketones (excluding diaryl/α,β-unsaturated/α-hetero) is 1. The van der Waals surface area contributed by atoms with Crippen LogP contribution in [0.4, 0.5) is 4.39 Å². The summed E-state index contributed by atoms with van der Waals surface area (Å²) in [5.74, 6) is -2.79. The number of carbonyl (C=O) groups is 3. The number of aryl methyl sites for hydroxylation is 2. The van der Waals surface area contributed by atoms with Gasteiger partial charge in [0, 0.05) is 59.4 Å². The Labute approximate surface area is 177 Å². The van der Waals surface area contributed by atoms with Gasteiger partial charge in [-0.05, 0) is 38.0 Å². The second-order valence-electron chi connectivity index (χ2n) is 7.33. The van der Waals surface area contributed by atoms with Crippen LogP contribution in [0.25, 0.3) is 10.9 Å². The van der Waals surface area contributed by atoms with Gasteiger partial charge in [-0.3, -0.25) is 4.79 Å². The van der Waals surface area contributed by atoms with Crippen LogP contribution in [0.5, 0.6) is 0 Å². The maximum Gasteiger partial charge on any atom is 0.328 e. The molecule has 9 heteroatoms. The molecule has 4 rings (SSSR count). The summed E-state index contributed by atoms with van der Waals surface area (Å²) in [6, 6.07) is 4.68. The van der Waals surface area contributed by atoms with Gasteiger partial charge in [-0.1, -0.05) is 0 Å². The minimum Gasteiger partial charge on any atom is -0.478 e. The number of aromatic nitrogens is 3. The number of fused-ring (bicyclic) bond motifs is 3. The van der Waals surface area contributed by atoms with Crippen LogP contribution < -0.4 is 0 Å². The van der Waals surface area contributed by atoms with Crippen LogP contribution in [-0.2, 0) is 29.5 Å². The third kappa shape index (κ3) is 4.71. The van der Waals surface area contributed by atoms with E-state index < -0.39 is 11.9 Å². The number of ketones is 1. The number of rotatable bonds is 4. The van der Waals surface area contributed by atoms with Gasteiger partial charge in [0.2, 0.25) is 0 Å². The summed E-state index contributed by atoms with van der Waals surface area (Å²) in [5.41, 5.74) is 4.59. The highest BCUT2D eigenvalue weighted by atomic mass is 19.1. The number of carboxylic acids is 2. The average Bonchev–Trinajstić information content (AvgIpc) is 3.24. The van der Waals surface area contributed by atoms with Crippen LogP contribution >= 0.6 is 0 Å². The molecular formula is C22H22FN3O5. The van der Waals surface area contributed by atoms with Crippen LogP contribution in [0.15, 0.2) is 36.7 Å². The van der Waals surface area contributed by atoms with E-state index in [0.29, 0.717) is 24.1 Å². The third-order valence-electron chi connectivity index (χ3n) is 5.37. The molecule has 0 saturated heterocycles. The number of carboxylic acid groups (broad SMARTS) is 2. The van der Waals surface area contributed by atoms with Crippen molar-refractivity contribution >= 4 is 28.6 Å². The normalized spacial score (nSPS) is 15.6. The first kappa shape index (κ1) is 21.9. The fourth-order valence-corrected chi connectivity index (χ4v) is 3.85. The van der Waals surface area contributed by atoms with Crippen LogP contribution in [0.1, 0.15) is 33.9 Å². The predicted octanol–water partition coefficient (Wildman–Crippen LogP) is 3.05. The van der Waals surface area contributed by atoms with Crippen molar-refractivity contribution < 1.29 is 29.0 Å². The van der Waals surface area contributed by atoms with Crippen molar-refractivity contribution in [1.82, 2.24) is 14.5 Å². The van der Waals surface area contributed by atoms with Gasteiger partial charge in [-0.2, -0.15) is 0 Å². The number of nitrogens with zero attached hydrogens (tertiary/aromatic N) is 2. The molecule has 0 saturated carbocycles. The zero-order valence-corrected chi connectivity index (χ0v) is 17.1. The summed E-state index contributed by atoms with van der Waals surface area (Å²) in [6.07, 6.45) is 5.06. The molecule has 8 nitrogen and oxygen atoms in total. The van der Waals surface area contributed by atoms with Crippen molar-refractivity contribution in [3.8, 4) is 0 Å². The standard InChI is InChI=1S/C18H18FN3O.C4H4O4/c1-10-14(21-9-20-10)7-11-3-5-16-17(18(11)23)13-8-12(19)4-6-15(13)22(16)2;5-3(6)1-2-4(7)8/h4,6,8-9,11H,3,5,7H2,1-2H3,(H,20,21);1-2H,(H,5,6)(H,7,8). The van der Waals surface area contributed by atoms with Gasteiger partial charge in [0.25, 0.3) is 0 Å². The lowest BCUT2D eigenvalue weighted by molar-refractivity contribution is -0.134. The van der Waals surface area contributed by atoms with Crippen LogP contribution in [0.2, 0.25) is 0 Å². The number of carbonyl (C=O) groups excluding carboxylic acids is 1. The molecule has 2 heterocycles. The van der Waals surface area contributed by atoms with E-state index in [1.165, 1.54) is 12.1 Å². The van der Waals surface area contributed by atoms with E-state index in [1.807, 2.05) is 18.5 Å². The van der Waals surface area contributed by atoms with Gasteiger partial charge in [-0.25, -0.2) is 19.0 Å². The predicted molar refractivity (Wildman–Crippen MR) is 110 cm³/mol. The smallest absolute Gasteiger partial charge is 0.328 e. The molecule has 1 atom stereocenters. The first-order chi connectivity index (χ1) is 14.7. The fourth-order valence-electron chi connectivity index (χ4n) is 3.85. The van der Waals surface area contributed by atoms with Crippen LogP contribution in [0, 0.1) is 18.7 Å². The molecule has 3 aromatic rings. The zero-order valence-electron chi connectivity index (χ0n) is 17.1. The van der Waals surface area contributed by atoms with Crippen molar-refractivity contribution in [3.63, 3.8) is 0 Å². The Bertz CT molecular complexity index is 1180. The zero-order chi connectivity index (χ0) is 22.7. The second kappa shape index (κ2) is 8.95. The number of aromatic amines is 1. The maximum atomic E-state index is 13.7. The number of halogens is 1. The van der Waals surface area contributed by atoms with E-state index in [9.17, 15) is 18.8 Å². The molecule has 1 aliphatic rings. The summed E-state index contributed by atoms with van der Waals surface area (Å²) < 4.78 is 15.7. The summed E-state index contributed by atoms with van der Waals surface area (Å²) in [4.78, 5) is 39.5. The van der Waals surface area contributed by atoms with E-state index in [1.54, 1.807) is 12.4 Å².